The van der Waals surface area contributed by atoms with Gasteiger partial charge in [-0.25, -0.2) is 4.79 Å². The summed E-state index contributed by atoms with van der Waals surface area (Å²) in [7, 11) is 0. The average Bonchev–Trinajstić information content (AvgIpc) is 3.24. The van der Waals surface area contributed by atoms with Crippen LogP contribution in [0.1, 0.15) is 25.0 Å². The molecule has 3 N–H and O–H groups in total. The lowest BCUT2D eigenvalue weighted by Gasteiger charge is -2.17. The number of aliphatic hydroxyl groups is 1. The van der Waals surface area contributed by atoms with Crippen molar-refractivity contribution in [3.8, 4) is 0 Å². The van der Waals surface area contributed by atoms with Gasteiger partial charge in [-0.2, -0.15) is 0 Å². The Hall–Kier alpha value is -1.62. The Morgan fingerprint density at radius 2 is 2.32 bits per heavy atom. The van der Waals surface area contributed by atoms with Crippen LogP contribution in [-0.4, -0.2) is 35.3 Å². The first kappa shape index (κ1) is 13.8. The maximum absolute atomic E-state index is 11.7. The predicted molar refractivity (Wildman–Crippen MR) is 72.7 cm³/mol. The first-order chi connectivity index (χ1) is 9.29. The van der Waals surface area contributed by atoms with Crippen LogP contribution in [0.5, 0.6) is 0 Å². The summed E-state index contributed by atoms with van der Waals surface area (Å²) >= 11 is 0. The first-order valence-corrected chi connectivity index (χ1v) is 6.84. The third-order valence-corrected chi connectivity index (χ3v) is 3.34. The molecule has 0 aliphatic heterocycles. The number of nitrogens with zero attached hydrogens (tertiary/aromatic N) is 1. The lowest BCUT2D eigenvalue weighted by atomic mass is 10.1. The maximum Gasteiger partial charge on any atom is 0.315 e. The highest BCUT2D eigenvalue weighted by atomic mass is 16.3. The Balaban J connectivity index is 1.66. The van der Waals surface area contributed by atoms with Crippen molar-refractivity contribution >= 4 is 6.03 Å². The molecule has 1 fully saturated rings. The van der Waals surface area contributed by atoms with Crippen LogP contribution >= 0.6 is 0 Å². The molecule has 1 atom stereocenters. The molecule has 1 aromatic rings. The van der Waals surface area contributed by atoms with Gasteiger partial charge in [-0.3, -0.25) is 4.98 Å². The quantitative estimate of drug-likeness (QED) is 0.689. The van der Waals surface area contributed by atoms with Crippen LogP contribution in [-0.2, 0) is 6.42 Å². The molecule has 0 aromatic carbocycles. The molecule has 104 valence electrons. The number of pyridine rings is 1. The lowest BCUT2D eigenvalue weighted by Crippen LogP contribution is -2.44. The van der Waals surface area contributed by atoms with Gasteiger partial charge in [0.25, 0.3) is 0 Å². The fourth-order valence-corrected chi connectivity index (χ4v) is 2.13. The number of nitrogens with one attached hydrogen (secondary N) is 2. The zero-order valence-electron chi connectivity index (χ0n) is 11.0. The van der Waals surface area contributed by atoms with Gasteiger partial charge >= 0.3 is 6.03 Å². The zero-order chi connectivity index (χ0) is 13.5. The lowest BCUT2D eigenvalue weighted by molar-refractivity contribution is 0.225. The average molecular weight is 263 g/mol. The van der Waals surface area contributed by atoms with Crippen molar-refractivity contribution in [1.29, 1.82) is 0 Å². The maximum atomic E-state index is 11.7. The van der Waals surface area contributed by atoms with Gasteiger partial charge in [-0.05, 0) is 37.3 Å². The fourth-order valence-electron chi connectivity index (χ4n) is 2.13. The van der Waals surface area contributed by atoms with E-state index >= 15 is 0 Å². The minimum absolute atomic E-state index is 0.111. The number of hydrogen-bond acceptors (Lipinski definition) is 3. The molecule has 1 saturated carbocycles. The zero-order valence-corrected chi connectivity index (χ0v) is 11.0. The largest absolute Gasteiger partial charge is 0.396 e. The van der Waals surface area contributed by atoms with E-state index in [4.69, 9.17) is 5.11 Å². The molecule has 0 radical (unpaired) electrons. The topological polar surface area (TPSA) is 74.2 Å². The molecule has 1 aliphatic carbocycles. The van der Waals surface area contributed by atoms with Gasteiger partial charge in [0.1, 0.15) is 0 Å². The predicted octanol–water partition coefficient (Wildman–Crippen LogP) is 1.08. The van der Waals surface area contributed by atoms with Crippen molar-refractivity contribution in [3.63, 3.8) is 0 Å². The van der Waals surface area contributed by atoms with Crippen LogP contribution in [0.25, 0.3) is 0 Å². The van der Waals surface area contributed by atoms with Crippen molar-refractivity contribution in [3.05, 3.63) is 30.1 Å². The van der Waals surface area contributed by atoms with Gasteiger partial charge in [-0.1, -0.05) is 6.07 Å². The number of hydrogen-bond donors (Lipinski definition) is 3. The number of urea groups is 1. The number of carbonyl (C=O) groups excluding carboxylic acids is 1. The highest BCUT2D eigenvalue weighted by Gasteiger charge is 2.31. The van der Waals surface area contributed by atoms with E-state index in [0.717, 1.165) is 25.0 Å². The molecular formula is C14H21N3O2. The van der Waals surface area contributed by atoms with E-state index in [1.165, 1.54) is 0 Å². The summed E-state index contributed by atoms with van der Waals surface area (Å²) in [6, 6.07) is 5.71. The van der Waals surface area contributed by atoms with Gasteiger partial charge in [0, 0.05) is 37.5 Å². The third kappa shape index (κ3) is 4.87. The van der Waals surface area contributed by atoms with E-state index in [-0.39, 0.29) is 18.7 Å². The molecule has 2 rings (SSSR count). The van der Waals surface area contributed by atoms with Crippen molar-refractivity contribution in [2.24, 2.45) is 5.92 Å². The molecular weight excluding hydrogens is 242 g/mol. The van der Waals surface area contributed by atoms with E-state index < -0.39 is 0 Å². The summed E-state index contributed by atoms with van der Waals surface area (Å²) in [6.45, 7) is 0.689. The first-order valence-electron chi connectivity index (χ1n) is 6.84. The SMILES string of the molecule is O=C(NCCc1ccccn1)N[C@H](CCO)C1CC1. The van der Waals surface area contributed by atoms with E-state index in [2.05, 4.69) is 15.6 Å². The van der Waals surface area contributed by atoms with Crippen molar-refractivity contribution in [2.75, 3.05) is 13.2 Å². The van der Waals surface area contributed by atoms with Crippen molar-refractivity contribution in [2.45, 2.75) is 31.7 Å². The smallest absolute Gasteiger partial charge is 0.315 e. The Morgan fingerprint density at radius 3 is 2.95 bits per heavy atom. The Morgan fingerprint density at radius 1 is 1.47 bits per heavy atom. The molecule has 19 heavy (non-hydrogen) atoms. The van der Waals surface area contributed by atoms with Crippen molar-refractivity contribution < 1.29 is 9.90 Å². The summed E-state index contributed by atoms with van der Waals surface area (Å²) in [5.74, 6) is 0.550. The number of rotatable bonds is 7. The second kappa shape index (κ2) is 7.09. The second-order valence-electron chi connectivity index (χ2n) is 4.93. The molecule has 1 aliphatic rings. The van der Waals surface area contributed by atoms with Crippen LogP contribution in [0.4, 0.5) is 4.79 Å². The number of amides is 2. The summed E-state index contributed by atoms with van der Waals surface area (Å²) in [6.07, 6.45) is 5.41. The van der Waals surface area contributed by atoms with E-state index in [9.17, 15) is 4.79 Å². The summed E-state index contributed by atoms with van der Waals surface area (Å²) in [5, 5.41) is 14.7. The molecule has 1 heterocycles. The number of aromatic nitrogens is 1. The molecule has 5 heteroatoms. The number of carbonyl (C=O) groups is 1. The highest BCUT2D eigenvalue weighted by molar-refractivity contribution is 5.74. The molecule has 0 saturated heterocycles. The Labute approximate surface area is 113 Å². The van der Waals surface area contributed by atoms with Crippen LogP contribution in [0.2, 0.25) is 0 Å². The van der Waals surface area contributed by atoms with Crippen LogP contribution in [0.15, 0.2) is 24.4 Å². The van der Waals surface area contributed by atoms with Crippen LogP contribution < -0.4 is 10.6 Å². The van der Waals surface area contributed by atoms with E-state index in [1.807, 2.05) is 18.2 Å². The molecule has 0 bridgehead atoms. The highest BCUT2D eigenvalue weighted by Crippen LogP contribution is 2.33. The van der Waals surface area contributed by atoms with E-state index in [1.54, 1.807) is 6.20 Å². The van der Waals surface area contributed by atoms with Gasteiger partial charge in [0.15, 0.2) is 0 Å². The monoisotopic (exact) mass is 263 g/mol. The fraction of sp³-hybridized carbons (Fsp3) is 0.571. The standard InChI is InChI=1S/C14H21N3O2/c18-10-7-13(11-4-5-11)17-14(19)16-9-6-12-3-1-2-8-15-12/h1-3,8,11,13,18H,4-7,9-10H2,(H2,16,17,19)/t13-/m1/s1. The van der Waals surface area contributed by atoms with Gasteiger partial charge < -0.3 is 15.7 Å². The summed E-state index contributed by atoms with van der Waals surface area (Å²) in [4.78, 5) is 15.9. The molecule has 0 spiro atoms. The molecule has 2 amide bonds. The van der Waals surface area contributed by atoms with E-state index in [0.29, 0.717) is 18.9 Å². The minimum atomic E-state index is -0.152. The summed E-state index contributed by atoms with van der Waals surface area (Å²) < 4.78 is 0. The molecule has 5 nitrogen and oxygen atoms in total. The number of aliphatic hydroxyl groups excluding tert-OH is 1. The molecule has 1 aromatic heterocycles. The second-order valence-corrected chi connectivity index (χ2v) is 4.93. The Kier molecular flexibility index (Phi) is 5.15. The van der Waals surface area contributed by atoms with Gasteiger partial charge in [0.05, 0.1) is 0 Å². The van der Waals surface area contributed by atoms with Gasteiger partial charge in [0.2, 0.25) is 0 Å². The minimum Gasteiger partial charge on any atom is -0.396 e. The van der Waals surface area contributed by atoms with Crippen LogP contribution in [0, 0.1) is 5.92 Å². The van der Waals surface area contributed by atoms with Crippen molar-refractivity contribution in [1.82, 2.24) is 15.6 Å². The Bertz CT molecular complexity index is 393. The summed E-state index contributed by atoms with van der Waals surface area (Å²) in [5.41, 5.74) is 0.969. The normalized spacial score (nSPS) is 15.8. The third-order valence-electron chi connectivity index (χ3n) is 3.34. The molecule has 0 unspecified atom stereocenters. The van der Waals surface area contributed by atoms with Gasteiger partial charge in [-0.15, -0.1) is 0 Å². The van der Waals surface area contributed by atoms with Crippen LogP contribution in [0.3, 0.4) is 0 Å².